The van der Waals surface area contributed by atoms with Crippen LogP contribution in [0.3, 0.4) is 0 Å². The Hall–Kier alpha value is -0.239. The summed E-state index contributed by atoms with van der Waals surface area (Å²) in [5.41, 5.74) is -3.06. The molecule has 6 nitrogen and oxygen atoms in total. The molecular weight excluding hydrogens is 601 g/mol. The second kappa shape index (κ2) is 15.0. The van der Waals surface area contributed by atoms with Gasteiger partial charge in [-0.3, -0.25) is 0 Å². The fourth-order valence-electron chi connectivity index (χ4n) is 4.22. The van der Waals surface area contributed by atoms with Crippen molar-refractivity contribution in [2.24, 2.45) is 50.2 Å². The number of rotatable bonds is 6. The third-order valence-corrected chi connectivity index (χ3v) is 9.41. The van der Waals surface area contributed by atoms with Crippen LogP contribution in [0.4, 0.5) is 0 Å². The maximum absolute atomic E-state index is 11.0. The van der Waals surface area contributed by atoms with Gasteiger partial charge in [-0.2, -0.15) is 0 Å². The van der Waals surface area contributed by atoms with E-state index in [0.29, 0.717) is 0 Å². The van der Waals surface area contributed by atoms with Crippen LogP contribution in [0.2, 0.25) is 0 Å². The van der Waals surface area contributed by atoms with E-state index in [4.69, 9.17) is 0 Å². The Bertz CT molecular complexity index is 637. The summed E-state index contributed by atoms with van der Waals surface area (Å²) in [6.07, 6.45) is 0. The van der Waals surface area contributed by atoms with E-state index < -0.39 is 34.2 Å². The molecule has 37 heavy (non-hydrogen) atoms. The van der Waals surface area contributed by atoms with Crippen LogP contribution >= 0.6 is 0 Å². The van der Waals surface area contributed by atoms with Crippen LogP contribution in [0, 0.1) is 91.1 Å². The van der Waals surface area contributed by atoms with Gasteiger partial charge in [0.2, 0.25) is 0 Å². The average Bonchev–Trinajstić information content (AvgIpc) is 2.62. The van der Waals surface area contributed by atoms with E-state index >= 15 is 0 Å². The van der Waals surface area contributed by atoms with E-state index in [2.05, 4.69) is 0 Å². The van der Waals surface area contributed by atoms with Crippen LogP contribution in [-0.4, -0.2) is 17.9 Å². The minimum absolute atomic E-state index is 0. The summed E-state index contributed by atoms with van der Waals surface area (Å²) in [6, 6.07) is 0. The van der Waals surface area contributed by atoms with Gasteiger partial charge in [0, 0.05) is 34.2 Å². The summed E-state index contributed by atoms with van der Waals surface area (Å²) in [5, 5.41) is 33.0. The van der Waals surface area contributed by atoms with Gasteiger partial charge in [-0.05, 0) is 34.0 Å². The molecule has 0 saturated heterocycles. The predicted octanol–water partition coefficient (Wildman–Crippen LogP) is 4.33. The molecule has 0 aliphatic rings. The number of carbonyl (C=O) groups excluding carboxylic acids is 3. The van der Waals surface area contributed by atoms with Crippen LogP contribution < -0.4 is 15.3 Å². The molecule has 0 saturated carbocycles. The maximum atomic E-state index is 11.0. The smallest absolute Gasteiger partial charge is 0.550 e. The monoisotopic (exact) mass is 655 g/mol. The van der Waals surface area contributed by atoms with E-state index in [0.717, 1.165) is 0 Å². The van der Waals surface area contributed by atoms with Gasteiger partial charge in [0.15, 0.2) is 0 Å². The van der Waals surface area contributed by atoms with Crippen molar-refractivity contribution in [3.8, 4) is 0 Å². The van der Waals surface area contributed by atoms with Gasteiger partial charge in [0.25, 0.3) is 0 Å². The molecule has 0 aromatic carbocycles. The predicted molar refractivity (Wildman–Crippen MR) is 142 cm³/mol. The van der Waals surface area contributed by atoms with Gasteiger partial charge in [-0.1, -0.05) is 125 Å². The third-order valence-electron chi connectivity index (χ3n) is 9.41. The quantitative estimate of drug-likeness (QED) is 0.419. The zero-order chi connectivity index (χ0) is 30.5. The van der Waals surface area contributed by atoms with Crippen LogP contribution in [0.25, 0.3) is 0 Å². The normalized spacial score (nSPS) is 17.1. The number of carboxylic acid groups (broad SMARTS) is 3. The summed E-state index contributed by atoms with van der Waals surface area (Å²) in [7, 11) is 0. The Morgan fingerprint density at radius 2 is 0.514 bits per heavy atom. The first kappa shape index (κ1) is 43.8. The molecule has 0 aliphatic carbocycles. The van der Waals surface area contributed by atoms with Crippen molar-refractivity contribution >= 4 is 17.9 Å². The first-order chi connectivity index (χ1) is 15.4. The van der Waals surface area contributed by atoms with E-state index in [1.165, 1.54) is 0 Å². The van der Waals surface area contributed by atoms with Crippen molar-refractivity contribution in [2.75, 3.05) is 0 Å². The van der Waals surface area contributed by atoms with E-state index in [-0.39, 0.29) is 74.8 Å². The van der Waals surface area contributed by atoms with Gasteiger partial charge in [0.1, 0.15) is 0 Å². The van der Waals surface area contributed by atoms with E-state index in [9.17, 15) is 29.7 Å². The molecule has 0 spiro atoms. The molecular formula is C30H57NdO6. The van der Waals surface area contributed by atoms with Crippen LogP contribution in [0.1, 0.15) is 125 Å². The Kier molecular flexibility index (Phi) is 17.7. The van der Waals surface area contributed by atoms with Crippen LogP contribution in [0.15, 0.2) is 0 Å². The molecule has 0 aromatic heterocycles. The molecule has 3 atom stereocenters. The van der Waals surface area contributed by atoms with Gasteiger partial charge in [-0.25, -0.2) is 0 Å². The standard InChI is InChI=1S/3C10H20O2.Nd/c3*1-7(2)10(6,8(11)12)9(3,4)5;/h3*7H,1-6H3,(H,11,12);/q;;;+3/p-3. The fraction of sp³-hybridized carbons (Fsp3) is 0.900. The number of carbonyl (C=O) groups is 3. The van der Waals surface area contributed by atoms with Gasteiger partial charge in [-0.15, -0.1) is 0 Å². The number of hydrogen-bond donors (Lipinski definition) is 0. The Morgan fingerprint density at radius 1 is 0.405 bits per heavy atom. The molecule has 0 rings (SSSR count). The maximum Gasteiger partial charge on any atom is 3.00 e. The first-order valence-electron chi connectivity index (χ1n) is 13.1. The average molecular weight is 658 g/mol. The van der Waals surface area contributed by atoms with Crippen molar-refractivity contribution < 1.29 is 70.5 Å². The van der Waals surface area contributed by atoms with E-state index in [1.807, 2.05) is 104 Å². The molecule has 0 bridgehead atoms. The Morgan fingerprint density at radius 3 is 0.514 bits per heavy atom. The second-order valence-electron chi connectivity index (χ2n) is 14.7. The second-order valence-corrected chi connectivity index (χ2v) is 14.7. The molecule has 0 fully saturated rings. The minimum atomic E-state index is -0.954. The molecule has 0 heterocycles. The Labute approximate surface area is 261 Å². The van der Waals surface area contributed by atoms with Crippen molar-refractivity contribution in [1.82, 2.24) is 0 Å². The summed E-state index contributed by atoms with van der Waals surface area (Å²) in [6.45, 7) is 34.2. The molecule has 0 amide bonds. The molecule has 0 aliphatic heterocycles. The third kappa shape index (κ3) is 10.3. The van der Waals surface area contributed by atoms with Gasteiger partial charge >= 0.3 is 40.8 Å². The van der Waals surface area contributed by atoms with Crippen molar-refractivity contribution in [2.45, 2.75) is 125 Å². The van der Waals surface area contributed by atoms with Gasteiger partial charge in [0.05, 0.1) is 0 Å². The number of carboxylic acids is 3. The summed E-state index contributed by atoms with van der Waals surface area (Å²) >= 11 is 0. The number of aliphatic carboxylic acids is 3. The van der Waals surface area contributed by atoms with Crippen molar-refractivity contribution in [3.05, 3.63) is 0 Å². The fourth-order valence-corrected chi connectivity index (χ4v) is 4.22. The molecule has 0 N–H and O–H groups in total. The van der Waals surface area contributed by atoms with Crippen molar-refractivity contribution in [1.29, 1.82) is 0 Å². The molecule has 7 heteroatoms. The topological polar surface area (TPSA) is 120 Å². The molecule has 217 valence electrons. The van der Waals surface area contributed by atoms with Crippen LogP contribution in [0.5, 0.6) is 0 Å². The summed E-state index contributed by atoms with van der Waals surface area (Å²) in [5.74, 6) is -2.60. The minimum Gasteiger partial charge on any atom is -0.550 e. The molecule has 1 radical (unpaired) electrons. The summed E-state index contributed by atoms with van der Waals surface area (Å²) in [4.78, 5) is 33.0. The number of hydrogen-bond acceptors (Lipinski definition) is 6. The largest absolute Gasteiger partial charge is 3.00 e. The zero-order valence-corrected chi connectivity index (χ0v) is 30.4. The van der Waals surface area contributed by atoms with Crippen LogP contribution in [-0.2, 0) is 14.4 Å². The zero-order valence-electron chi connectivity index (χ0n) is 27.2. The molecule has 3 unspecified atom stereocenters. The van der Waals surface area contributed by atoms with Crippen molar-refractivity contribution in [3.63, 3.8) is 0 Å². The first-order valence-corrected chi connectivity index (χ1v) is 13.1. The summed E-state index contributed by atoms with van der Waals surface area (Å²) < 4.78 is 0. The molecule has 0 aromatic rings. The Balaban J connectivity index is -0.000000218. The van der Waals surface area contributed by atoms with E-state index in [1.54, 1.807) is 20.8 Å². The SMILES string of the molecule is CC(C)C(C)(C(=O)[O-])C(C)(C)C.CC(C)C(C)(C(=O)[O-])C(C)(C)C.CC(C)C(C)(C(=O)[O-])C(C)(C)C.[Nd+3]. The van der Waals surface area contributed by atoms with Gasteiger partial charge < -0.3 is 29.7 Å².